The Hall–Kier alpha value is -2.36. The second-order valence-electron chi connectivity index (χ2n) is 5.54. The monoisotopic (exact) mass is 437 g/mol. The largest absolute Gasteiger partial charge is 0.294 e. The summed E-state index contributed by atoms with van der Waals surface area (Å²) in [6, 6.07) is 11.8. The SMILES string of the molecule is NS(=O)(=O)c1cccc(-c2ncn(Cc3cccc(F)c3)c(=O)c2Br)c1. The third-order valence-corrected chi connectivity index (χ3v) is 5.29. The summed E-state index contributed by atoms with van der Waals surface area (Å²) in [5.41, 5.74) is 0.958. The molecule has 0 aliphatic heterocycles. The van der Waals surface area contributed by atoms with Crippen molar-refractivity contribution < 1.29 is 12.8 Å². The number of rotatable bonds is 4. The lowest BCUT2D eigenvalue weighted by Crippen LogP contribution is -2.22. The van der Waals surface area contributed by atoms with Crippen molar-refractivity contribution in [2.45, 2.75) is 11.4 Å². The normalized spacial score (nSPS) is 11.5. The number of primary sulfonamides is 1. The van der Waals surface area contributed by atoms with E-state index in [0.29, 0.717) is 11.1 Å². The summed E-state index contributed by atoms with van der Waals surface area (Å²) >= 11 is 3.22. The molecule has 2 aromatic carbocycles. The fourth-order valence-corrected chi connectivity index (χ4v) is 3.55. The van der Waals surface area contributed by atoms with E-state index in [-0.39, 0.29) is 33.0 Å². The molecule has 3 aromatic rings. The average molecular weight is 438 g/mol. The smallest absolute Gasteiger partial charge is 0.268 e. The molecule has 0 saturated carbocycles. The van der Waals surface area contributed by atoms with Crippen LogP contribution >= 0.6 is 15.9 Å². The third kappa shape index (κ3) is 3.90. The predicted octanol–water partition coefficient (Wildman–Crippen LogP) is 2.51. The second kappa shape index (κ2) is 7.10. The van der Waals surface area contributed by atoms with Gasteiger partial charge in [-0.2, -0.15) is 0 Å². The van der Waals surface area contributed by atoms with Crippen molar-refractivity contribution in [3.8, 4) is 11.3 Å². The lowest BCUT2D eigenvalue weighted by molar-refractivity contribution is 0.598. The molecule has 0 bridgehead atoms. The minimum Gasteiger partial charge on any atom is -0.294 e. The summed E-state index contributed by atoms with van der Waals surface area (Å²) in [6.07, 6.45) is 1.33. The molecule has 2 N–H and O–H groups in total. The van der Waals surface area contributed by atoms with Crippen LogP contribution in [-0.2, 0) is 16.6 Å². The zero-order chi connectivity index (χ0) is 18.9. The van der Waals surface area contributed by atoms with Gasteiger partial charge in [-0.25, -0.2) is 22.9 Å². The van der Waals surface area contributed by atoms with Gasteiger partial charge in [0.1, 0.15) is 10.3 Å². The van der Waals surface area contributed by atoms with Crippen molar-refractivity contribution in [2.24, 2.45) is 5.14 Å². The molecule has 6 nitrogen and oxygen atoms in total. The lowest BCUT2D eigenvalue weighted by atomic mass is 10.1. The van der Waals surface area contributed by atoms with Crippen LogP contribution in [0.4, 0.5) is 4.39 Å². The van der Waals surface area contributed by atoms with E-state index in [9.17, 15) is 17.6 Å². The molecule has 0 aliphatic carbocycles. The Bertz CT molecular complexity index is 1150. The highest BCUT2D eigenvalue weighted by Crippen LogP contribution is 2.25. The third-order valence-electron chi connectivity index (χ3n) is 3.66. The summed E-state index contributed by atoms with van der Waals surface area (Å²) < 4.78 is 37.8. The zero-order valence-electron chi connectivity index (χ0n) is 13.3. The van der Waals surface area contributed by atoms with Gasteiger partial charge in [-0.15, -0.1) is 0 Å². The number of hydrogen-bond donors (Lipinski definition) is 1. The van der Waals surface area contributed by atoms with E-state index in [0.717, 1.165) is 0 Å². The lowest BCUT2D eigenvalue weighted by Gasteiger charge is -2.10. The molecule has 1 aromatic heterocycles. The topological polar surface area (TPSA) is 95.1 Å². The number of nitrogens with two attached hydrogens (primary N) is 1. The Morgan fingerprint density at radius 1 is 1.15 bits per heavy atom. The highest BCUT2D eigenvalue weighted by molar-refractivity contribution is 9.10. The molecule has 0 saturated heterocycles. The Kier molecular flexibility index (Phi) is 5.03. The van der Waals surface area contributed by atoms with Gasteiger partial charge >= 0.3 is 0 Å². The number of aromatic nitrogens is 2. The van der Waals surface area contributed by atoms with Crippen LogP contribution in [0.3, 0.4) is 0 Å². The van der Waals surface area contributed by atoms with Crippen molar-refractivity contribution >= 4 is 26.0 Å². The first kappa shape index (κ1) is 18.4. The summed E-state index contributed by atoms with van der Waals surface area (Å²) in [7, 11) is -3.87. The molecule has 26 heavy (non-hydrogen) atoms. The number of hydrogen-bond acceptors (Lipinski definition) is 4. The minimum absolute atomic E-state index is 0.0763. The highest BCUT2D eigenvalue weighted by Gasteiger charge is 2.14. The summed E-state index contributed by atoms with van der Waals surface area (Å²) in [6.45, 7) is 0.152. The van der Waals surface area contributed by atoms with Gasteiger partial charge < -0.3 is 0 Å². The van der Waals surface area contributed by atoms with E-state index in [2.05, 4.69) is 20.9 Å². The van der Waals surface area contributed by atoms with Gasteiger partial charge in [-0.05, 0) is 45.8 Å². The van der Waals surface area contributed by atoms with Gasteiger partial charge in [-0.3, -0.25) is 9.36 Å². The van der Waals surface area contributed by atoms with E-state index in [1.807, 2.05) is 0 Å². The summed E-state index contributed by atoms with van der Waals surface area (Å²) in [5, 5.41) is 5.14. The molecule has 1 heterocycles. The maximum absolute atomic E-state index is 13.3. The van der Waals surface area contributed by atoms with Crippen molar-refractivity contribution in [1.82, 2.24) is 9.55 Å². The predicted molar refractivity (Wildman–Crippen MR) is 98.5 cm³/mol. The first-order valence-corrected chi connectivity index (χ1v) is 9.72. The van der Waals surface area contributed by atoms with Crippen molar-refractivity contribution in [3.05, 3.63) is 81.1 Å². The molecule has 0 fully saturated rings. The first-order chi connectivity index (χ1) is 12.3. The summed E-state index contributed by atoms with van der Waals surface area (Å²) in [5.74, 6) is -0.390. The fourth-order valence-electron chi connectivity index (χ4n) is 2.43. The van der Waals surface area contributed by atoms with Crippen LogP contribution in [0.2, 0.25) is 0 Å². The van der Waals surface area contributed by atoms with Gasteiger partial charge in [0.15, 0.2) is 0 Å². The molecule has 0 amide bonds. The Balaban J connectivity index is 2.02. The summed E-state index contributed by atoms with van der Waals surface area (Å²) in [4.78, 5) is 16.7. The van der Waals surface area contributed by atoms with E-state index >= 15 is 0 Å². The van der Waals surface area contributed by atoms with Crippen LogP contribution in [0.25, 0.3) is 11.3 Å². The van der Waals surface area contributed by atoms with E-state index < -0.39 is 10.0 Å². The van der Waals surface area contributed by atoms with E-state index in [1.54, 1.807) is 18.2 Å². The second-order valence-corrected chi connectivity index (χ2v) is 7.90. The molecule has 0 radical (unpaired) electrons. The molecule has 134 valence electrons. The van der Waals surface area contributed by atoms with Gasteiger partial charge in [0, 0.05) is 5.56 Å². The van der Waals surface area contributed by atoms with Gasteiger partial charge in [-0.1, -0.05) is 24.3 Å². The van der Waals surface area contributed by atoms with E-state index in [1.165, 1.54) is 41.2 Å². The quantitative estimate of drug-likeness (QED) is 0.677. The van der Waals surface area contributed by atoms with Gasteiger partial charge in [0.25, 0.3) is 5.56 Å². The Morgan fingerprint density at radius 2 is 1.88 bits per heavy atom. The van der Waals surface area contributed by atoms with Gasteiger partial charge in [0.05, 0.1) is 23.5 Å². The molecule has 9 heteroatoms. The van der Waals surface area contributed by atoms with E-state index in [4.69, 9.17) is 5.14 Å². The number of halogens is 2. The van der Waals surface area contributed by atoms with Gasteiger partial charge in [0.2, 0.25) is 10.0 Å². The highest BCUT2D eigenvalue weighted by atomic mass is 79.9. The van der Waals surface area contributed by atoms with Crippen LogP contribution in [0, 0.1) is 5.82 Å². The number of sulfonamides is 1. The zero-order valence-corrected chi connectivity index (χ0v) is 15.7. The maximum atomic E-state index is 13.3. The molecule has 0 spiro atoms. The molecule has 0 aliphatic rings. The van der Waals surface area contributed by atoms with Crippen LogP contribution in [-0.4, -0.2) is 18.0 Å². The average Bonchev–Trinajstić information content (AvgIpc) is 2.59. The van der Waals surface area contributed by atoms with Crippen LogP contribution in [0.15, 0.2) is 69.0 Å². The Labute approximate surface area is 157 Å². The fraction of sp³-hybridized carbons (Fsp3) is 0.0588. The maximum Gasteiger partial charge on any atom is 0.268 e. The Morgan fingerprint density at radius 3 is 2.58 bits per heavy atom. The first-order valence-electron chi connectivity index (χ1n) is 7.38. The van der Waals surface area contributed by atoms with Crippen molar-refractivity contribution in [1.29, 1.82) is 0 Å². The van der Waals surface area contributed by atoms with Crippen LogP contribution < -0.4 is 10.7 Å². The standard InChI is InChI=1S/C17H13BrFN3O3S/c18-15-16(12-4-2-6-14(8-12)26(20,24)25)21-10-22(17(15)23)9-11-3-1-5-13(19)7-11/h1-8,10H,9H2,(H2,20,24,25). The molecular formula is C17H13BrFN3O3S. The molecular weight excluding hydrogens is 425 g/mol. The number of nitrogens with zero attached hydrogens (tertiary/aromatic N) is 2. The molecule has 0 unspecified atom stereocenters. The van der Waals surface area contributed by atoms with Crippen molar-refractivity contribution in [3.63, 3.8) is 0 Å². The molecule has 0 atom stereocenters. The minimum atomic E-state index is -3.87. The van der Waals surface area contributed by atoms with Crippen molar-refractivity contribution in [2.75, 3.05) is 0 Å². The van der Waals surface area contributed by atoms with Crippen LogP contribution in [0.1, 0.15) is 5.56 Å². The molecule has 3 rings (SSSR count). The van der Waals surface area contributed by atoms with Crippen LogP contribution in [0.5, 0.6) is 0 Å². The number of benzene rings is 2.